The topological polar surface area (TPSA) is 152 Å². The van der Waals surface area contributed by atoms with E-state index in [2.05, 4.69) is 13.8 Å². The highest BCUT2D eigenvalue weighted by Crippen LogP contribution is 2.22. The first-order valence-corrected chi connectivity index (χ1v) is 20.5. The Bertz CT molecular complexity index is 892. The maximum absolute atomic E-state index is 12.7. The maximum Gasteiger partial charge on any atom is 0.330 e. The van der Waals surface area contributed by atoms with Crippen LogP contribution in [0.25, 0.3) is 0 Å². The van der Waals surface area contributed by atoms with Gasteiger partial charge in [-0.05, 0) is 19.3 Å². The van der Waals surface area contributed by atoms with Crippen LogP contribution in [-0.2, 0) is 28.5 Å². The first-order valence-electron chi connectivity index (χ1n) is 20.5. The number of aliphatic hydroxyl groups excluding tert-OH is 4. The van der Waals surface area contributed by atoms with Gasteiger partial charge in [-0.25, -0.2) is 4.79 Å². The Morgan fingerprint density at radius 1 is 0.647 bits per heavy atom. The molecule has 1 saturated heterocycles. The van der Waals surface area contributed by atoms with Gasteiger partial charge >= 0.3 is 11.9 Å². The Morgan fingerprint density at radius 2 is 1.16 bits per heavy atom. The number of carbonyl (C=O) groups excluding carboxylic acids is 2. The average Bonchev–Trinajstić information content (AvgIpc) is 3.13. The fourth-order valence-corrected chi connectivity index (χ4v) is 6.16. The van der Waals surface area contributed by atoms with Gasteiger partial charge in [0, 0.05) is 12.5 Å². The van der Waals surface area contributed by atoms with Crippen LogP contribution in [-0.4, -0.2) is 89.0 Å². The Labute approximate surface area is 309 Å². The van der Waals surface area contributed by atoms with Crippen LogP contribution in [0.2, 0.25) is 0 Å². The molecule has 0 bridgehead atoms. The molecule has 298 valence electrons. The predicted molar refractivity (Wildman–Crippen MR) is 201 cm³/mol. The molecule has 6 atom stereocenters. The first-order chi connectivity index (χ1) is 24.8. The summed E-state index contributed by atoms with van der Waals surface area (Å²) < 4.78 is 21.9. The molecular formula is C41H74O10. The lowest BCUT2D eigenvalue weighted by Crippen LogP contribution is -2.59. The van der Waals surface area contributed by atoms with Crippen molar-refractivity contribution in [2.45, 2.75) is 205 Å². The molecular weight excluding hydrogens is 652 g/mol. The molecule has 0 saturated carbocycles. The minimum Gasteiger partial charge on any atom is -0.458 e. The summed E-state index contributed by atoms with van der Waals surface area (Å²) in [7, 11) is 0. The Hall–Kier alpha value is -1.82. The van der Waals surface area contributed by atoms with Crippen LogP contribution in [0.15, 0.2) is 24.3 Å². The number of rotatable bonds is 33. The molecule has 2 unspecified atom stereocenters. The van der Waals surface area contributed by atoms with Gasteiger partial charge in [0.2, 0.25) is 0 Å². The second-order valence-corrected chi connectivity index (χ2v) is 14.2. The average molecular weight is 727 g/mol. The van der Waals surface area contributed by atoms with Crippen LogP contribution in [0, 0.1) is 0 Å². The van der Waals surface area contributed by atoms with Gasteiger partial charge in [0.15, 0.2) is 12.4 Å². The SMILES string of the molecule is CCCCCCCCCCCCC/C=C/C=C/C(=O)OC[C@@H](CO[C@H]1O[C@@H](CO)[C@@H](O)C(O)C1O)OC(=O)CCCCCCCCCCCCC. The first kappa shape index (κ1) is 47.2. The molecule has 0 radical (unpaired) electrons. The normalized spacial score (nSPS) is 21.4. The number of aliphatic hydroxyl groups is 4. The van der Waals surface area contributed by atoms with Crippen LogP contribution >= 0.6 is 0 Å². The van der Waals surface area contributed by atoms with Gasteiger partial charge in [-0.15, -0.1) is 0 Å². The molecule has 0 aromatic carbocycles. The van der Waals surface area contributed by atoms with E-state index >= 15 is 0 Å². The second-order valence-electron chi connectivity index (χ2n) is 14.2. The van der Waals surface area contributed by atoms with Crippen LogP contribution in [0.4, 0.5) is 0 Å². The summed E-state index contributed by atoms with van der Waals surface area (Å²) in [6, 6.07) is 0. The van der Waals surface area contributed by atoms with Gasteiger partial charge in [-0.1, -0.05) is 160 Å². The molecule has 4 N–H and O–H groups in total. The van der Waals surface area contributed by atoms with Crippen LogP contribution in [0.3, 0.4) is 0 Å². The monoisotopic (exact) mass is 727 g/mol. The summed E-state index contributed by atoms with van der Waals surface area (Å²) in [5, 5.41) is 39.9. The summed E-state index contributed by atoms with van der Waals surface area (Å²) >= 11 is 0. The lowest BCUT2D eigenvalue weighted by Gasteiger charge is -2.39. The Kier molecular flexibility index (Phi) is 30.4. The predicted octanol–water partition coefficient (Wildman–Crippen LogP) is 7.77. The quantitative estimate of drug-likeness (QED) is 0.0228. The zero-order valence-corrected chi connectivity index (χ0v) is 32.1. The van der Waals surface area contributed by atoms with Gasteiger partial charge in [0.25, 0.3) is 0 Å². The lowest BCUT2D eigenvalue weighted by atomic mass is 9.99. The molecule has 1 rings (SSSR count). The number of carbonyl (C=O) groups is 2. The molecule has 51 heavy (non-hydrogen) atoms. The lowest BCUT2D eigenvalue weighted by molar-refractivity contribution is -0.305. The van der Waals surface area contributed by atoms with Crippen molar-refractivity contribution in [3.05, 3.63) is 24.3 Å². The Balaban J connectivity index is 2.42. The molecule has 0 aliphatic carbocycles. The minimum absolute atomic E-state index is 0.214. The van der Waals surface area contributed by atoms with Gasteiger partial charge < -0.3 is 39.4 Å². The van der Waals surface area contributed by atoms with Crippen molar-refractivity contribution in [1.82, 2.24) is 0 Å². The number of ether oxygens (including phenoxy) is 4. The highest BCUT2D eigenvalue weighted by Gasteiger charge is 2.44. The standard InChI is InChI=1S/C41H74O10/c1-3-5-7-9-11-13-15-16-17-18-20-21-23-25-27-29-36(43)48-32-34(33-49-41-40(47)39(46)38(45)35(31-42)51-41)50-37(44)30-28-26-24-22-19-14-12-10-8-6-4-2/h23,25,27,29,34-35,38-42,45-47H,3-22,24,26,28,30-33H2,1-2H3/b25-23+,29-27+/t34-,35-,38+,39?,40?,41-/m0/s1. The third-order valence-electron chi connectivity index (χ3n) is 9.44. The van der Waals surface area contributed by atoms with Gasteiger partial charge in [0.1, 0.15) is 31.0 Å². The number of esters is 2. The van der Waals surface area contributed by atoms with Crippen molar-refractivity contribution in [3.63, 3.8) is 0 Å². The molecule has 10 nitrogen and oxygen atoms in total. The summed E-state index contributed by atoms with van der Waals surface area (Å²) in [4.78, 5) is 25.1. The molecule has 10 heteroatoms. The summed E-state index contributed by atoms with van der Waals surface area (Å²) in [6.45, 7) is 3.29. The zero-order valence-electron chi connectivity index (χ0n) is 32.1. The fraction of sp³-hybridized carbons (Fsp3) is 0.854. The highest BCUT2D eigenvalue weighted by atomic mass is 16.7. The number of unbranched alkanes of at least 4 members (excludes halogenated alkanes) is 21. The van der Waals surface area contributed by atoms with Crippen LogP contribution in [0.1, 0.15) is 168 Å². The fourth-order valence-electron chi connectivity index (χ4n) is 6.16. The third-order valence-corrected chi connectivity index (χ3v) is 9.44. The molecule has 1 fully saturated rings. The summed E-state index contributed by atoms with van der Waals surface area (Å²) in [6.07, 6.45) is 26.8. The third kappa shape index (κ3) is 24.9. The van der Waals surface area contributed by atoms with Gasteiger partial charge in [-0.3, -0.25) is 4.79 Å². The van der Waals surface area contributed by atoms with Crippen LogP contribution < -0.4 is 0 Å². The van der Waals surface area contributed by atoms with E-state index < -0.39 is 55.4 Å². The minimum atomic E-state index is -1.60. The Morgan fingerprint density at radius 3 is 1.69 bits per heavy atom. The molecule has 0 aromatic rings. The molecule has 1 aliphatic heterocycles. The maximum atomic E-state index is 12.7. The van der Waals surface area contributed by atoms with Crippen molar-refractivity contribution < 1.29 is 49.0 Å². The number of hydrogen-bond acceptors (Lipinski definition) is 10. The van der Waals surface area contributed by atoms with E-state index in [0.717, 1.165) is 32.1 Å². The zero-order chi connectivity index (χ0) is 37.4. The molecule has 1 aliphatic rings. The molecule has 0 spiro atoms. The summed E-state index contributed by atoms with van der Waals surface area (Å²) in [5.41, 5.74) is 0. The number of allylic oxidation sites excluding steroid dienone is 3. The smallest absolute Gasteiger partial charge is 0.330 e. The largest absolute Gasteiger partial charge is 0.458 e. The van der Waals surface area contributed by atoms with Crippen molar-refractivity contribution in [3.8, 4) is 0 Å². The van der Waals surface area contributed by atoms with E-state index in [4.69, 9.17) is 18.9 Å². The van der Waals surface area contributed by atoms with E-state index in [1.54, 1.807) is 6.08 Å². The highest BCUT2D eigenvalue weighted by molar-refractivity contribution is 5.82. The van der Waals surface area contributed by atoms with Crippen LogP contribution in [0.5, 0.6) is 0 Å². The van der Waals surface area contributed by atoms with E-state index in [1.807, 2.05) is 12.2 Å². The summed E-state index contributed by atoms with van der Waals surface area (Å²) in [5.74, 6) is -1.06. The molecule has 0 amide bonds. The van der Waals surface area contributed by atoms with E-state index in [-0.39, 0.29) is 19.6 Å². The van der Waals surface area contributed by atoms with Crippen molar-refractivity contribution in [2.24, 2.45) is 0 Å². The van der Waals surface area contributed by atoms with E-state index in [0.29, 0.717) is 6.42 Å². The second kappa shape index (κ2) is 32.8. The molecule has 0 aromatic heterocycles. The van der Waals surface area contributed by atoms with E-state index in [9.17, 15) is 30.0 Å². The van der Waals surface area contributed by atoms with Crippen molar-refractivity contribution >= 4 is 11.9 Å². The van der Waals surface area contributed by atoms with Crippen molar-refractivity contribution in [2.75, 3.05) is 19.8 Å². The number of hydrogen-bond donors (Lipinski definition) is 4. The van der Waals surface area contributed by atoms with E-state index in [1.165, 1.54) is 115 Å². The van der Waals surface area contributed by atoms with Gasteiger partial charge in [0.05, 0.1) is 13.2 Å². The van der Waals surface area contributed by atoms with Crippen molar-refractivity contribution in [1.29, 1.82) is 0 Å². The van der Waals surface area contributed by atoms with Gasteiger partial charge in [-0.2, -0.15) is 0 Å². The molecule has 1 heterocycles.